The van der Waals surface area contributed by atoms with Crippen molar-refractivity contribution in [2.24, 2.45) is 21.6 Å². The minimum atomic E-state index is -0.711. The average molecular weight is 467 g/mol. The summed E-state index contributed by atoms with van der Waals surface area (Å²) in [4.78, 5) is 18.4. The number of amidine groups is 1. The first-order valence-corrected chi connectivity index (χ1v) is 11.3. The van der Waals surface area contributed by atoms with Gasteiger partial charge >= 0.3 is 5.97 Å². The summed E-state index contributed by atoms with van der Waals surface area (Å²) in [5.74, 6) is 6.58. The highest BCUT2D eigenvalue weighted by molar-refractivity contribution is 6.14. The van der Waals surface area contributed by atoms with E-state index in [1.807, 2.05) is 57.2 Å². The second kappa shape index (κ2) is 15.4. The van der Waals surface area contributed by atoms with E-state index in [1.165, 1.54) is 16.1 Å². The summed E-state index contributed by atoms with van der Waals surface area (Å²) < 4.78 is 0. The quantitative estimate of drug-likeness (QED) is 0.196. The molecule has 0 aromatic heterocycles. The van der Waals surface area contributed by atoms with Crippen LogP contribution in [-0.4, -0.2) is 36.5 Å². The molecule has 6 N–H and O–H groups in total. The lowest BCUT2D eigenvalue weighted by molar-refractivity contribution is -0.137. The summed E-state index contributed by atoms with van der Waals surface area (Å²) in [5.41, 5.74) is 10.5. The third-order valence-electron chi connectivity index (χ3n) is 4.69. The smallest absolute Gasteiger partial charge is 0.303 e. The first-order chi connectivity index (χ1) is 16.2. The first kappa shape index (κ1) is 28.5. The van der Waals surface area contributed by atoms with Crippen LogP contribution < -0.4 is 21.9 Å². The predicted octanol–water partition coefficient (Wildman–Crippen LogP) is 4.51. The fourth-order valence-corrected chi connectivity index (χ4v) is 2.82. The van der Waals surface area contributed by atoms with Crippen molar-refractivity contribution >= 4 is 29.1 Å². The molecule has 0 saturated heterocycles. The number of benzene rings is 2. The van der Waals surface area contributed by atoms with Crippen LogP contribution in [0.25, 0.3) is 0 Å². The normalized spacial score (nSPS) is 11.4. The van der Waals surface area contributed by atoms with Crippen LogP contribution in [0.1, 0.15) is 44.2 Å². The van der Waals surface area contributed by atoms with Gasteiger partial charge in [0.1, 0.15) is 0 Å². The molecular formula is C26H38N6O2. The van der Waals surface area contributed by atoms with E-state index in [9.17, 15) is 4.79 Å². The molecule has 2 aromatic rings. The number of nitrogens with zero attached hydrogens (tertiary/aromatic N) is 3. The van der Waals surface area contributed by atoms with E-state index in [-0.39, 0.29) is 0 Å². The van der Waals surface area contributed by atoms with Gasteiger partial charge in [-0.3, -0.25) is 14.8 Å². The standard InChI is InChI=1S/C22H30N6.C4H8O2/c1-16(2)21(28(24)20-13-7-17(3)8-14-20)27-22(25-4)26-19-11-9-18(10-12-19)6-5-15-23;1-2-3-4(5)6/h7-14H,1,5-6,15,23-24H2,2-4H3,(H,25,26);2-3H2,1H3,(H,5,6)/b27-21+;. The lowest BCUT2D eigenvalue weighted by atomic mass is 10.1. The van der Waals surface area contributed by atoms with Gasteiger partial charge in [0.05, 0.1) is 5.69 Å². The monoisotopic (exact) mass is 466 g/mol. The summed E-state index contributed by atoms with van der Waals surface area (Å²) in [7, 11) is 1.68. The Morgan fingerprint density at radius 1 is 1.15 bits per heavy atom. The van der Waals surface area contributed by atoms with Gasteiger partial charge in [0.25, 0.3) is 0 Å². The second-order valence-electron chi connectivity index (χ2n) is 7.83. The largest absolute Gasteiger partial charge is 0.481 e. The highest BCUT2D eigenvalue weighted by atomic mass is 16.4. The van der Waals surface area contributed by atoms with Crippen molar-refractivity contribution in [2.45, 2.75) is 46.5 Å². The number of nitrogens with two attached hydrogens (primary N) is 2. The highest BCUT2D eigenvalue weighted by Crippen LogP contribution is 2.16. The van der Waals surface area contributed by atoms with Crippen molar-refractivity contribution in [1.82, 2.24) is 0 Å². The van der Waals surface area contributed by atoms with E-state index >= 15 is 0 Å². The number of hydrogen-bond donors (Lipinski definition) is 4. The number of aryl methyl sites for hydroxylation is 2. The van der Waals surface area contributed by atoms with Crippen molar-refractivity contribution < 1.29 is 9.90 Å². The van der Waals surface area contributed by atoms with Crippen LogP contribution in [0, 0.1) is 6.92 Å². The molecule has 0 aliphatic rings. The molecule has 0 heterocycles. The molecule has 0 saturated carbocycles. The van der Waals surface area contributed by atoms with E-state index in [0.717, 1.165) is 36.2 Å². The maximum absolute atomic E-state index is 9.60. The van der Waals surface area contributed by atoms with E-state index in [1.54, 1.807) is 7.05 Å². The Morgan fingerprint density at radius 2 is 1.76 bits per heavy atom. The maximum Gasteiger partial charge on any atom is 0.303 e. The SMILES string of the molecule is C=C(C)/C(=N\C(=NC)Nc1ccc(CCCN)cc1)N(N)c1ccc(C)cc1.CCCC(=O)O. The lowest BCUT2D eigenvalue weighted by Crippen LogP contribution is -2.39. The number of rotatable bonds is 8. The van der Waals surface area contributed by atoms with Crippen LogP contribution in [0.2, 0.25) is 0 Å². The number of carboxylic acids is 1. The van der Waals surface area contributed by atoms with Crippen molar-refractivity contribution in [2.75, 3.05) is 23.9 Å². The minimum Gasteiger partial charge on any atom is -0.481 e. The number of hydrogen-bond acceptors (Lipinski definition) is 4. The summed E-state index contributed by atoms with van der Waals surface area (Å²) >= 11 is 0. The molecule has 8 nitrogen and oxygen atoms in total. The van der Waals surface area contributed by atoms with E-state index in [0.29, 0.717) is 24.8 Å². The number of anilines is 2. The van der Waals surface area contributed by atoms with Crippen LogP contribution in [0.4, 0.5) is 11.4 Å². The Hall–Kier alpha value is -3.49. The third kappa shape index (κ3) is 10.4. The highest BCUT2D eigenvalue weighted by Gasteiger charge is 2.12. The Morgan fingerprint density at radius 3 is 2.21 bits per heavy atom. The topological polar surface area (TPSA) is 129 Å². The Balaban J connectivity index is 0.000000852. The first-order valence-electron chi connectivity index (χ1n) is 11.3. The van der Waals surface area contributed by atoms with Crippen LogP contribution in [0.5, 0.6) is 0 Å². The molecule has 0 radical (unpaired) electrons. The van der Waals surface area contributed by atoms with Crippen molar-refractivity contribution in [3.63, 3.8) is 0 Å². The summed E-state index contributed by atoms with van der Waals surface area (Å²) in [6.45, 7) is 10.4. The number of carbonyl (C=O) groups is 1. The van der Waals surface area contributed by atoms with Gasteiger partial charge in [-0.1, -0.05) is 43.3 Å². The molecule has 2 aromatic carbocycles. The molecule has 184 valence electrons. The van der Waals surface area contributed by atoms with Crippen molar-refractivity contribution in [3.05, 3.63) is 71.8 Å². The lowest BCUT2D eigenvalue weighted by Gasteiger charge is -2.21. The van der Waals surface area contributed by atoms with Crippen molar-refractivity contribution in [1.29, 1.82) is 0 Å². The van der Waals surface area contributed by atoms with Gasteiger partial charge in [-0.15, -0.1) is 0 Å². The van der Waals surface area contributed by atoms with Gasteiger partial charge in [0.15, 0.2) is 5.84 Å². The predicted molar refractivity (Wildman–Crippen MR) is 143 cm³/mol. The Bertz CT molecular complexity index is 966. The number of aliphatic carboxylic acids is 1. The molecule has 0 bridgehead atoms. The van der Waals surface area contributed by atoms with Crippen LogP contribution in [0.3, 0.4) is 0 Å². The average Bonchev–Trinajstić information content (AvgIpc) is 2.81. The van der Waals surface area contributed by atoms with Gasteiger partial charge in [0, 0.05) is 19.2 Å². The molecule has 0 atom stereocenters. The molecule has 0 aliphatic carbocycles. The van der Waals surface area contributed by atoms with Crippen molar-refractivity contribution in [3.8, 4) is 0 Å². The minimum absolute atomic E-state index is 0.292. The summed E-state index contributed by atoms with van der Waals surface area (Å²) in [5, 5.41) is 12.7. The number of aliphatic imine (C=N–C) groups is 2. The molecule has 0 amide bonds. The number of guanidine groups is 1. The molecule has 0 fully saturated rings. The molecule has 34 heavy (non-hydrogen) atoms. The van der Waals surface area contributed by atoms with Gasteiger partial charge in [0.2, 0.25) is 5.96 Å². The molecule has 0 unspecified atom stereocenters. The van der Waals surface area contributed by atoms with E-state index in [2.05, 4.69) is 34.0 Å². The zero-order valence-electron chi connectivity index (χ0n) is 20.7. The van der Waals surface area contributed by atoms with Gasteiger partial charge < -0.3 is 16.2 Å². The number of nitrogens with one attached hydrogen (secondary N) is 1. The fourth-order valence-electron chi connectivity index (χ4n) is 2.82. The fraction of sp³-hybridized carbons (Fsp3) is 0.346. The molecular weight excluding hydrogens is 428 g/mol. The van der Waals surface area contributed by atoms with Crippen LogP contribution >= 0.6 is 0 Å². The summed E-state index contributed by atoms with van der Waals surface area (Å²) in [6.07, 6.45) is 2.98. The zero-order valence-corrected chi connectivity index (χ0v) is 20.7. The van der Waals surface area contributed by atoms with Gasteiger partial charge in [-0.2, -0.15) is 4.99 Å². The summed E-state index contributed by atoms with van der Waals surface area (Å²) in [6, 6.07) is 16.1. The molecule has 8 heteroatoms. The number of hydrazine groups is 1. The Kier molecular flexibility index (Phi) is 12.9. The van der Waals surface area contributed by atoms with Crippen LogP contribution in [0.15, 0.2) is 70.7 Å². The molecule has 0 aliphatic heterocycles. The van der Waals surface area contributed by atoms with E-state index < -0.39 is 5.97 Å². The van der Waals surface area contributed by atoms with Gasteiger partial charge in [-0.25, -0.2) is 5.84 Å². The number of carboxylic acid groups (broad SMARTS) is 1. The maximum atomic E-state index is 9.60. The van der Waals surface area contributed by atoms with Crippen LogP contribution in [-0.2, 0) is 11.2 Å². The zero-order chi connectivity index (χ0) is 25.5. The van der Waals surface area contributed by atoms with E-state index in [4.69, 9.17) is 16.7 Å². The molecule has 0 spiro atoms. The third-order valence-corrected chi connectivity index (χ3v) is 4.69. The second-order valence-corrected chi connectivity index (χ2v) is 7.83. The van der Waals surface area contributed by atoms with Gasteiger partial charge in [-0.05, 0) is 75.1 Å². The molecule has 2 rings (SSSR count). The Labute approximate surface area is 203 Å².